The van der Waals surface area contributed by atoms with E-state index in [1.807, 2.05) is 7.05 Å². The molecule has 0 saturated heterocycles. The minimum atomic E-state index is 0.383. The van der Waals surface area contributed by atoms with E-state index in [-0.39, 0.29) is 0 Å². The first-order chi connectivity index (χ1) is 9.29. The topological polar surface area (TPSA) is 90.6 Å². The first-order valence-corrected chi connectivity index (χ1v) is 6.69. The summed E-state index contributed by atoms with van der Waals surface area (Å²) in [7, 11) is 3.37. The van der Waals surface area contributed by atoms with Gasteiger partial charge in [0, 0.05) is 43.8 Å². The van der Waals surface area contributed by atoms with E-state index in [0.29, 0.717) is 6.01 Å². The summed E-state index contributed by atoms with van der Waals surface area (Å²) in [6.45, 7) is 1.57. The maximum atomic E-state index is 4.90. The van der Waals surface area contributed by atoms with Gasteiger partial charge in [-0.2, -0.15) is 0 Å². The first kappa shape index (κ1) is 13.7. The molecular weight excluding hydrogens is 266 g/mol. The summed E-state index contributed by atoms with van der Waals surface area (Å²) >= 11 is 1.61. The fourth-order valence-electron chi connectivity index (χ4n) is 1.33. The lowest BCUT2D eigenvalue weighted by Gasteiger charge is -2.04. The van der Waals surface area contributed by atoms with E-state index in [0.717, 1.165) is 29.6 Å². The second kappa shape index (κ2) is 7.00. The molecule has 0 aliphatic rings. The summed E-state index contributed by atoms with van der Waals surface area (Å²) in [5.74, 6) is 0.894. The molecule has 0 unspecified atom stereocenters. The molecular formula is C10H15N7OS. The standard InChI is InChI=1S/C10H15N7OS/c1-17-10(14-15-16-17)19-4-3-11-5-8-6-12-9(18-2)13-7-8/h6-7,11H,3-5H2,1-2H3. The van der Waals surface area contributed by atoms with Crippen LogP contribution in [0.5, 0.6) is 6.01 Å². The van der Waals surface area contributed by atoms with Gasteiger partial charge in [0.25, 0.3) is 0 Å². The van der Waals surface area contributed by atoms with E-state index in [9.17, 15) is 0 Å². The predicted octanol–water partition coefficient (Wildman–Crippen LogP) is -0.109. The number of nitrogens with one attached hydrogen (secondary N) is 1. The molecule has 0 bridgehead atoms. The van der Waals surface area contributed by atoms with Crippen molar-refractivity contribution in [3.05, 3.63) is 18.0 Å². The second-order valence-corrected chi connectivity index (χ2v) is 4.75. The van der Waals surface area contributed by atoms with E-state index in [4.69, 9.17) is 4.74 Å². The summed E-state index contributed by atoms with van der Waals surface area (Å²) in [6.07, 6.45) is 3.50. The molecule has 0 fully saturated rings. The number of ether oxygens (including phenoxy) is 1. The summed E-state index contributed by atoms with van der Waals surface area (Å²) < 4.78 is 6.55. The van der Waals surface area contributed by atoms with Gasteiger partial charge in [-0.25, -0.2) is 14.6 Å². The average Bonchev–Trinajstić information content (AvgIpc) is 2.85. The predicted molar refractivity (Wildman–Crippen MR) is 69.8 cm³/mol. The van der Waals surface area contributed by atoms with Crippen LogP contribution in [0.1, 0.15) is 5.56 Å². The minimum absolute atomic E-state index is 0.383. The number of rotatable bonds is 7. The van der Waals surface area contributed by atoms with Crippen LogP contribution in [0.3, 0.4) is 0 Å². The molecule has 0 saturated carbocycles. The summed E-state index contributed by atoms with van der Waals surface area (Å²) in [6, 6.07) is 0.383. The fraction of sp³-hybridized carbons (Fsp3) is 0.500. The molecule has 2 aromatic rings. The van der Waals surface area contributed by atoms with Crippen LogP contribution >= 0.6 is 11.8 Å². The third-order valence-electron chi connectivity index (χ3n) is 2.28. The third kappa shape index (κ3) is 4.14. The summed E-state index contributed by atoms with van der Waals surface area (Å²) in [5, 5.41) is 15.4. The number of tetrazole rings is 1. The molecule has 2 rings (SSSR count). The molecule has 2 heterocycles. The van der Waals surface area contributed by atoms with Gasteiger partial charge < -0.3 is 10.1 Å². The molecule has 9 heteroatoms. The molecule has 0 atom stereocenters. The number of hydrogen-bond donors (Lipinski definition) is 1. The van der Waals surface area contributed by atoms with Crippen LogP contribution in [0.25, 0.3) is 0 Å². The maximum Gasteiger partial charge on any atom is 0.316 e. The minimum Gasteiger partial charge on any atom is -0.467 e. The SMILES string of the molecule is COc1ncc(CNCCSc2nnnn2C)cn1. The zero-order valence-corrected chi connectivity index (χ0v) is 11.6. The molecule has 0 amide bonds. The number of hydrogen-bond acceptors (Lipinski definition) is 8. The largest absolute Gasteiger partial charge is 0.467 e. The highest BCUT2D eigenvalue weighted by Crippen LogP contribution is 2.10. The molecule has 19 heavy (non-hydrogen) atoms. The monoisotopic (exact) mass is 281 g/mol. The Kier molecular flexibility index (Phi) is 5.04. The number of aromatic nitrogens is 6. The Morgan fingerprint density at radius 3 is 2.79 bits per heavy atom. The molecule has 1 N–H and O–H groups in total. The second-order valence-electron chi connectivity index (χ2n) is 3.69. The van der Waals surface area contributed by atoms with Gasteiger partial charge >= 0.3 is 6.01 Å². The van der Waals surface area contributed by atoms with Crippen LogP contribution in [0.2, 0.25) is 0 Å². The van der Waals surface area contributed by atoms with Gasteiger partial charge in [0.2, 0.25) is 5.16 Å². The van der Waals surface area contributed by atoms with Gasteiger partial charge in [0.15, 0.2) is 0 Å². The van der Waals surface area contributed by atoms with E-state index in [2.05, 4.69) is 30.8 Å². The summed E-state index contributed by atoms with van der Waals surface area (Å²) in [5.41, 5.74) is 1.02. The highest BCUT2D eigenvalue weighted by molar-refractivity contribution is 7.99. The highest BCUT2D eigenvalue weighted by Gasteiger charge is 2.02. The molecule has 0 spiro atoms. The van der Waals surface area contributed by atoms with Gasteiger partial charge in [-0.1, -0.05) is 11.8 Å². The lowest BCUT2D eigenvalue weighted by atomic mass is 10.3. The Balaban J connectivity index is 1.65. The van der Waals surface area contributed by atoms with Crippen molar-refractivity contribution in [2.24, 2.45) is 7.05 Å². The van der Waals surface area contributed by atoms with Gasteiger partial charge in [-0.05, 0) is 10.4 Å². The average molecular weight is 281 g/mol. The van der Waals surface area contributed by atoms with Gasteiger partial charge in [0.1, 0.15) is 0 Å². The van der Waals surface area contributed by atoms with E-state index in [1.54, 1.807) is 35.9 Å². The smallest absolute Gasteiger partial charge is 0.316 e. The first-order valence-electron chi connectivity index (χ1n) is 5.70. The number of nitrogens with zero attached hydrogens (tertiary/aromatic N) is 6. The van der Waals surface area contributed by atoms with Crippen LogP contribution in [-0.4, -0.2) is 49.6 Å². The third-order valence-corrected chi connectivity index (χ3v) is 3.30. The van der Waals surface area contributed by atoms with E-state index < -0.39 is 0 Å². The van der Waals surface area contributed by atoms with Crippen LogP contribution in [0.4, 0.5) is 0 Å². The normalized spacial score (nSPS) is 10.6. The molecule has 0 aliphatic carbocycles. The van der Waals surface area contributed by atoms with Crippen LogP contribution < -0.4 is 10.1 Å². The van der Waals surface area contributed by atoms with Gasteiger partial charge in [-0.3, -0.25) is 0 Å². The Hall–Kier alpha value is -1.74. The Morgan fingerprint density at radius 2 is 2.16 bits per heavy atom. The van der Waals surface area contributed by atoms with Gasteiger partial charge in [0.05, 0.1) is 7.11 Å². The molecule has 0 aromatic carbocycles. The molecule has 102 valence electrons. The van der Waals surface area contributed by atoms with Crippen molar-refractivity contribution in [1.29, 1.82) is 0 Å². The van der Waals surface area contributed by atoms with Crippen molar-refractivity contribution in [2.45, 2.75) is 11.7 Å². The number of methoxy groups -OCH3 is 1. The fourth-order valence-corrected chi connectivity index (χ4v) is 2.08. The van der Waals surface area contributed by atoms with Gasteiger partial charge in [-0.15, -0.1) is 5.10 Å². The molecule has 2 aromatic heterocycles. The molecule has 0 aliphatic heterocycles. The molecule has 0 radical (unpaired) electrons. The van der Waals surface area contributed by atoms with Crippen LogP contribution in [-0.2, 0) is 13.6 Å². The van der Waals surface area contributed by atoms with Crippen molar-refractivity contribution in [1.82, 2.24) is 35.5 Å². The Bertz CT molecular complexity index is 501. The van der Waals surface area contributed by atoms with Crippen molar-refractivity contribution < 1.29 is 4.74 Å². The van der Waals surface area contributed by atoms with Crippen molar-refractivity contribution in [2.75, 3.05) is 19.4 Å². The quantitative estimate of drug-likeness (QED) is 0.555. The highest BCUT2D eigenvalue weighted by atomic mass is 32.2. The zero-order chi connectivity index (χ0) is 13.5. The zero-order valence-electron chi connectivity index (χ0n) is 10.8. The van der Waals surface area contributed by atoms with Crippen molar-refractivity contribution >= 4 is 11.8 Å². The lowest BCUT2D eigenvalue weighted by Crippen LogP contribution is -2.17. The van der Waals surface area contributed by atoms with Crippen LogP contribution in [0, 0.1) is 0 Å². The Morgan fingerprint density at radius 1 is 1.37 bits per heavy atom. The van der Waals surface area contributed by atoms with E-state index >= 15 is 0 Å². The van der Waals surface area contributed by atoms with Crippen molar-refractivity contribution in [3.8, 4) is 6.01 Å². The lowest BCUT2D eigenvalue weighted by molar-refractivity contribution is 0.379. The number of thioether (sulfide) groups is 1. The maximum absolute atomic E-state index is 4.90. The molecule has 8 nitrogen and oxygen atoms in total. The summed E-state index contributed by atoms with van der Waals surface area (Å²) in [4.78, 5) is 8.08. The van der Waals surface area contributed by atoms with Crippen molar-refractivity contribution in [3.63, 3.8) is 0 Å². The van der Waals surface area contributed by atoms with E-state index in [1.165, 1.54) is 0 Å². The van der Waals surface area contributed by atoms with Crippen LogP contribution in [0.15, 0.2) is 17.6 Å². The number of aryl methyl sites for hydroxylation is 1. The Labute approximate surface area is 115 Å².